The average Bonchev–Trinajstić information content (AvgIpc) is 3.03. The minimum absolute atomic E-state index is 0.00454. The number of aromatic nitrogens is 2. The van der Waals surface area contributed by atoms with Crippen LogP contribution in [0.2, 0.25) is 0 Å². The molecular formula is C22H25N3O2S. The predicted octanol–water partition coefficient (Wildman–Crippen LogP) is 3.94. The lowest BCUT2D eigenvalue weighted by atomic mass is 9.89. The smallest absolute Gasteiger partial charge is 0.262 e. The molecule has 2 aromatic heterocycles. The first-order valence-corrected chi connectivity index (χ1v) is 10.7. The summed E-state index contributed by atoms with van der Waals surface area (Å²) in [6.45, 7) is 6.76. The van der Waals surface area contributed by atoms with Gasteiger partial charge in [0.25, 0.3) is 5.56 Å². The molecule has 1 amide bonds. The second kappa shape index (κ2) is 7.51. The summed E-state index contributed by atoms with van der Waals surface area (Å²) in [6.07, 6.45) is 4.57. The van der Waals surface area contributed by atoms with E-state index in [1.807, 2.05) is 38.1 Å². The van der Waals surface area contributed by atoms with E-state index in [1.165, 1.54) is 15.8 Å². The summed E-state index contributed by atoms with van der Waals surface area (Å²) in [4.78, 5) is 34.4. The summed E-state index contributed by atoms with van der Waals surface area (Å²) in [5, 5.41) is 0.723. The van der Waals surface area contributed by atoms with Crippen LogP contribution < -0.4 is 10.5 Å². The molecule has 0 fully saturated rings. The first-order valence-electron chi connectivity index (χ1n) is 9.84. The summed E-state index contributed by atoms with van der Waals surface area (Å²) in [5.74, 6) is 0.547. The summed E-state index contributed by atoms with van der Waals surface area (Å²) in [6, 6.07) is 7.86. The fourth-order valence-electron chi connectivity index (χ4n) is 4.01. The molecule has 0 bridgehead atoms. The molecule has 1 aliphatic rings. The summed E-state index contributed by atoms with van der Waals surface area (Å²) < 4.78 is 1.47. The van der Waals surface area contributed by atoms with Gasteiger partial charge in [-0.25, -0.2) is 4.98 Å². The highest BCUT2D eigenvalue weighted by atomic mass is 32.1. The summed E-state index contributed by atoms with van der Waals surface area (Å²) >= 11 is 1.63. The van der Waals surface area contributed by atoms with Crippen LogP contribution in [-0.2, 0) is 24.2 Å². The molecule has 0 radical (unpaired) electrons. The maximum Gasteiger partial charge on any atom is 0.262 e. The number of thiophene rings is 1. The molecule has 1 aromatic carbocycles. The van der Waals surface area contributed by atoms with E-state index in [0.717, 1.165) is 46.3 Å². The van der Waals surface area contributed by atoms with Crippen molar-refractivity contribution in [2.45, 2.75) is 46.6 Å². The first kappa shape index (κ1) is 18.9. The Balaban J connectivity index is 1.67. The van der Waals surface area contributed by atoms with Gasteiger partial charge in [-0.15, -0.1) is 11.3 Å². The number of carbonyl (C=O) groups excluding carboxylic acids is 1. The van der Waals surface area contributed by atoms with Crippen LogP contribution in [0.5, 0.6) is 0 Å². The van der Waals surface area contributed by atoms with Gasteiger partial charge in [0.2, 0.25) is 5.91 Å². The highest BCUT2D eigenvalue weighted by Gasteiger charge is 2.24. The molecule has 1 aliphatic carbocycles. The number of rotatable bonds is 4. The SMILES string of the molecule is CCN(C(=O)Cn1cnc2sc3c(c2c1=O)CCC(C)C3)c1cccc(C)c1. The lowest BCUT2D eigenvalue weighted by Crippen LogP contribution is -2.36. The van der Waals surface area contributed by atoms with E-state index in [4.69, 9.17) is 0 Å². The van der Waals surface area contributed by atoms with E-state index in [9.17, 15) is 9.59 Å². The maximum absolute atomic E-state index is 13.1. The quantitative estimate of drug-likeness (QED) is 0.672. The van der Waals surface area contributed by atoms with E-state index >= 15 is 0 Å². The van der Waals surface area contributed by atoms with E-state index in [1.54, 1.807) is 16.2 Å². The standard InChI is InChI=1S/C22H25N3O2S/c1-4-25(16-7-5-6-14(2)10-16)19(26)12-24-13-23-21-20(22(24)27)17-9-8-15(3)11-18(17)28-21/h5-7,10,13,15H,4,8-9,11-12H2,1-3H3. The van der Waals surface area contributed by atoms with E-state index in [0.29, 0.717) is 12.5 Å². The fourth-order valence-corrected chi connectivity index (χ4v) is 5.35. The molecule has 1 atom stereocenters. The molecule has 6 heteroatoms. The van der Waals surface area contributed by atoms with Gasteiger partial charge in [-0.05, 0) is 62.3 Å². The van der Waals surface area contributed by atoms with Gasteiger partial charge in [0, 0.05) is 17.1 Å². The zero-order valence-electron chi connectivity index (χ0n) is 16.6. The molecule has 4 rings (SSSR count). The second-order valence-electron chi connectivity index (χ2n) is 7.69. The van der Waals surface area contributed by atoms with Gasteiger partial charge < -0.3 is 4.90 Å². The van der Waals surface area contributed by atoms with Crippen LogP contribution in [0.4, 0.5) is 5.69 Å². The van der Waals surface area contributed by atoms with Gasteiger partial charge >= 0.3 is 0 Å². The third-order valence-corrected chi connectivity index (χ3v) is 6.68. The van der Waals surface area contributed by atoms with Crippen LogP contribution >= 0.6 is 11.3 Å². The molecule has 0 saturated carbocycles. The Hall–Kier alpha value is -2.47. The molecule has 0 spiro atoms. The molecule has 0 saturated heterocycles. The van der Waals surface area contributed by atoms with Gasteiger partial charge in [-0.2, -0.15) is 0 Å². The topological polar surface area (TPSA) is 55.2 Å². The number of hydrogen-bond acceptors (Lipinski definition) is 4. The predicted molar refractivity (Wildman–Crippen MR) is 114 cm³/mol. The van der Waals surface area contributed by atoms with Gasteiger partial charge in [0.05, 0.1) is 11.7 Å². The van der Waals surface area contributed by atoms with Crippen molar-refractivity contribution in [1.29, 1.82) is 0 Å². The van der Waals surface area contributed by atoms with Crippen molar-refractivity contribution in [2.75, 3.05) is 11.4 Å². The number of anilines is 1. The van der Waals surface area contributed by atoms with Crippen molar-refractivity contribution >= 4 is 33.1 Å². The molecule has 0 aliphatic heterocycles. The normalized spacial score (nSPS) is 16.2. The third kappa shape index (κ3) is 3.37. The van der Waals surface area contributed by atoms with Gasteiger partial charge in [0.1, 0.15) is 11.4 Å². The Bertz CT molecular complexity index is 1100. The Labute approximate surface area is 168 Å². The van der Waals surface area contributed by atoms with Crippen molar-refractivity contribution in [3.63, 3.8) is 0 Å². The number of amides is 1. The fraction of sp³-hybridized carbons (Fsp3) is 0.409. The monoisotopic (exact) mass is 395 g/mol. The van der Waals surface area contributed by atoms with Crippen LogP contribution in [0.1, 0.15) is 36.3 Å². The van der Waals surface area contributed by atoms with E-state index < -0.39 is 0 Å². The van der Waals surface area contributed by atoms with Crippen molar-refractivity contribution in [1.82, 2.24) is 9.55 Å². The van der Waals surface area contributed by atoms with Crippen molar-refractivity contribution in [3.8, 4) is 0 Å². The molecule has 3 aromatic rings. The van der Waals surface area contributed by atoms with Crippen LogP contribution in [0.15, 0.2) is 35.4 Å². The number of likely N-dealkylation sites (N-methyl/N-ethyl adjacent to an activating group) is 1. The Morgan fingerprint density at radius 3 is 2.96 bits per heavy atom. The minimum atomic E-state index is -0.103. The summed E-state index contributed by atoms with van der Waals surface area (Å²) in [5.41, 5.74) is 3.02. The number of fused-ring (bicyclic) bond motifs is 3. The maximum atomic E-state index is 13.1. The van der Waals surface area contributed by atoms with Crippen molar-refractivity contribution in [2.24, 2.45) is 5.92 Å². The van der Waals surface area contributed by atoms with Crippen molar-refractivity contribution < 1.29 is 4.79 Å². The van der Waals surface area contributed by atoms with E-state index in [2.05, 4.69) is 11.9 Å². The molecule has 1 unspecified atom stereocenters. The molecule has 2 heterocycles. The Morgan fingerprint density at radius 2 is 2.21 bits per heavy atom. The molecular weight excluding hydrogens is 370 g/mol. The third-order valence-electron chi connectivity index (χ3n) is 5.52. The number of aryl methyl sites for hydroxylation is 2. The highest BCUT2D eigenvalue weighted by molar-refractivity contribution is 7.18. The molecule has 28 heavy (non-hydrogen) atoms. The lowest BCUT2D eigenvalue weighted by molar-refractivity contribution is -0.119. The number of benzene rings is 1. The highest BCUT2D eigenvalue weighted by Crippen LogP contribution is 2.35. The minimum Gasteiger partial charge on any atom is -0.311 e. The molecule has 0 N–H and O–H groups in total. The lowest BCUT2D eigenvalue weighted by Gasteiger charge is -2.22. The Morgan fingerprint density at radius 1 is 1.39 bits per heavy atom. The first-order chi connectivity index (χ1) is 13.5. The van der Waals surface area contributed by atoms with Gasteiger partial charge in [0.15, 0.2) is 0 Å². The van der Waals surface area contributed by atoms with Crippen LogP contribution in [0.3, 0.4) is 0 Å². The largest absolute Gasteiger partial charge is 0.311 e. The van der Waals surface area contributed by atoms with Crippen molar-refractivity contribution in [3.05, 3.63) is 57.0 Å². The van der Waals surface area contributed by atoms with Crippen LogP contribution in [-0.4, -0.2) is 22.0 Å². The van der Waals surface area contributed by atoms with Crippen LogP contribution in [0, 0.1) is 12.8 Å². The van der Waals surface area contributed by atoms with E-state index in [-0.39, 0.29) is 18.0 Å². The molecule has 146 valence electrons. The Kier molecular flexibility index (Phi) is 5.06. The van der Waals surface area contributed by atoms with Gasteiger partial charge in [-0.1, -0.05) is 19.1 Å². The number of carbonyl (C=O) groups is 1. The number of nitrogens with zero attached hydrogens (tertiary/aromatic N) is 3. The molecule has 5 nitrogen and oxygen atoms in total. The zero-order chi connectivity index (χ0) is 19.8. The van der Waals surface area contributed by atoms with Crippen LogP contribution in [0.25, 0.3) is 10.2 Å². The average molecular weight is 396 g/mol. The second-order valence-corrected chi connectivity index (χ2v) is 8.77. The number of hydrogen-bond donors (Lipinski definition) is 0. The van der Waals surface area contributed by atoms with Gasteiger partial charge in [-0.3, -0.25) is 14.2 Å². The zero-order valence-corrected chi connectivity index (χ0v) is 17.4. The summed E-state index contributed by atoms with van der Waals surface area (Å²) in [7, 11) is 0.